The zero-order chi connectivity index (χ0) is 17.9. The molecule has 1 N–H and O–H groups in total. The normalized spacial score (nSPS) is 11.0. The van der Waals surface area contributed by atoms with Gasteiger partial charge in [-0.15, -0.1) is 0 Å². The first-order valence-electron chi connectivity index (χ1n) is 6.91. The summed E-state index contributed by atoms with van der Waals surface area (Å²) in [6.07, 6.45) is 1.02. The molecule has 0 heterocycles. The van der Waals surface area contributed by atoms with Crippen LogP contribution in [0.5, 0.6) is 5.75 Å². The number of hydrogen-bond acceptors (Lipinski definition) is 4. The fourth-order valence-corrected chi connectivity index (χ4v) is 2.84. The van der Waals surface area contributed by atoms with E-state index in [-0.39, 0.29) is 16.6 Å². The molecule has 2 rings (SSSR count). The van der Waals surface area contributed by atoms with Crippen LogP contribution in [0.3, 0.4) is 0 Å². The molecule has 0 aliphatic carbocycles. The van der Waals surface area contributed by atoms with Gasteiger partial charge >= 0.3 is 0 Å². The van der Waals surface area contributed by atoms with Gasteiger partial charge in [0.05, 0.1) is 24.1 Å². The summed E-state index contributed by atoms with van der Waals surface area (Å²) in [7, 11) is -0.305. The predicted molar refractivity (Wildman–Crippen MR) is 95.6 cm³/mol. The third kappa shape index (κ3) is 4.39. The van der Waals surface area contributed by atoms with Crippen LogP contribution in [0.2, 0.25) is 5.02 Å². The molecule has 0 radical (unpaired) electrons. The van der Waals surface area contributed by atoms with Crippen molar-refractivity contribution in [2.45, 2.75) is 0 Å². The molecule has 6 nitrogen and oxygen atoms in total. The van der Waals surface area contributed by atoms with Crippen LogP contribution in [0, 0.1) is 0 Å². The van der Waals surface area contributed by atoms with Crippen LogP contribution in [-0.2, 0) is 10.0 Å². The molecule has 0 bridgehead atoms. The van der Waals surface area contributed by atoms with Crippen LogP contribution in [0.25, 0.3) is 0 Å². The number of hydrogen-bond donors (Lipinski definition) is 1. The van der Waals surface area contributed by atoms with Crippen LogP contribution in [0.4, 0.5) is 11.4 Å². The van der Waals surface area contributed by atoms with Gasteiger partial charge in [-0.3, -0.25) is 9.52 Å². The molecule has 0 aliphatic rings. The molecule has 0 fully saturated rings. The molecule has 0 unspecified atom stereocenters. The molecule has 2 aromatic rings. The second kappa shape index (κ2) is 7.11. The highest BCUT2D eigenvalue weighted by molar-refractivity contribution is 7.92. The topological polar surface area (TPSA) is 75.7 Å². The van der Waals surface area contributed by atoms with E-state index in [2.05, 4.69) is 4.72 Å². The number of nitrogens with zero attached hydrogens (tertiary/aromatic N) is 1. The second-order valence-corrected chi connectivity index (χ2v) is 7.29. The first-order valence-corrected chi connectivity index (χ1v) is 9.17. The Morgan fingerprint density at radius 1 is 1.17 bits per heavy atom. The molecular weight excluding hydrogens is 352 g/mol. The largest absolute Gasteiger partial charge is 0.497 e. The van der Waals surface area contributed by atoms with Gasteiger partial charge in [-0.1, -0.05) is 11.6 Å². The van der Waals surface area contributed by atoms with Crippen LogP contribution in [0.1, 0.15) is 10.4 Å². The van der Waals surface area contributed by atoms with Gasteiger partial charge in [-0.25, -0.2) is 8.42 Å². The number of amides is 1. The molecule has 0 aliphatic heterocycles. The number of sulfonamides is 1. The van der Waals surface area contributed by atoms with Crippen molar-refractivity contribution in [3.05, 3.63) is 53.1 Å². The SMILES string of the molecule is COc1ccc(N(C)C(=O)c2ccc(Cl)c(NS(C)(=O)=O)c2)cc1. The number of anilines is 2. The maximum Gasteiger partial charge on any atom is 0.258 e. The molecule has 8 heteroatoms. The number of rotatable bonds is 5. The minimum atomic E-state index is -3.50. The Bertz CT molecular complexity index is 851. The average molecular weight is 369 g/mol. The quantitative estimate of drug-likeness (QED) is 0.880. The smallest absolute Gasteiger partial charge is 0.258 e. The van der Waals surface area contributed by atoms with Crippen molar-refractivity contribution < 1.29 is 17.9 Å². The van der Waals surface area contributed by atoms with E-state index in [9.17, 15) is 13.2 Å². The minimum Gasteiger partial charge on any atom is -0.497 e. The molecule has 128 valence electrons. The van der Waals surface area contributed by atoms with Crippen LogP contribution in [-0.4, -0.2) is 34.7 Å². The lowest BCUT2D eigenvalue weighted by molar-refractivity contribution is 0.0993. The van der Waals surface area contributed by atoms with Gasteiger partial charge in [-0.05, 0) is 42.5 Å². The summed E-state index contributed by atoms with van der Waals surface area (Å²) < 4.78 is 30.1. The molecule has 0 saturated heterocycles. The Labute approximate surface area is 146 Å². The summed E-state index contributed by atoms with van der Waals surface area (Å²) in [4.78, 5) is 14.1. The van der Waals surface area contributed by atoms with E-state index >= 15 is 0 Å². The van der Waals surface area contributed by atoms with Crippen molar-refractivity contribution in [2.24, 2.45) is 0 Å². The summed E-state index contributed by atoms with van der Waals surface area (Å²) in [6.45, 7) is 0. The lowest BCUT2D eigenvalue weighted by Crippen LogP contribution is -2.26. The second-order valence-electron chi connectivity index (χ2n) is 5.13. The number of carbonyl (C=O) groups excluding carboxylic acids is 1. The van der Waals surface area contributed by atoms with Crippen molar-refractivity contribution in [3.8, 4) is 5.75 Å². The third-order valence-corrected chi connectivity index (χ3v) is 4.19. The summed E-state index contributed by atoms with van der Waals surface area (Å²) in [6, 6.07) is 11.4. The van der Waals surface area contributed by atoms with Crippen LogP contribution >= 0.6 is 11.6 Å². The van der Waals surface area contributed by atoms with Gasteiger partial charge in [0.2, 0.25) is 10.0 Å². The minimum absolute atomic E-state index is 0.160. The van der Waals surface area contributed by atoms with Crippen molar-refractivity contribution in [1.29, 1.82) is 0 Å². The third-order valence-electron chi connectivity index (χ3n) is 3.27. The summed E-state index contributed by atoms with van der Waals surface area (Å²) in [5.41, 5.74) is 1.14. The number of methoxy groups -OCH3 is 1. The van der Waals surface area contributed by atoms with Gasteiger partial charge < -0.3 is 9.64 Å². The van der Waals surface area contributed by atoms with E-state index in [1.807, 2.05) is 0 Å². The highest BCUT2D eigenvalue weighted by atomic mass is 35.5. The Morgan fingerprint density at radius 2 is 1.79 bits per heavy atom. The van der Waals surface area contributed by atoms with Crippen molar-refractivity contribution in [1.82, 2.24) is 0 Å². The van der Waals surface area contributed by atoms with E-state index in [1.165, 1.54) is 23.1 Å². The Balaban J connectivity index is 2.29. The van der Waals surface area contributed by atoms with Crippen molar-refractivity contribution in [2.75, 3.05) is 30.0 Å². The van der Waals surface area contributed by atoms with Crippen molar-refractivity contribution >= 4 is 38.9 Å². The molecule has 0 atom stereocenters. The predicted octanol–water partition coefficient (Wildman–Crippen LogP) is 3.00. The monoisotopic (exact) mass is 368 g/mol. The zero-order valence-corrected chi connectivity index (χ0v) is 15.0. The van der Waals surface area contributed by atoms with E-state index in [1.54, 1.807) is 38.4 Å². The Kier molecular flexibility index (Phi) is 5.36. The summed E-state index contributed by atoms with van der Waals surface area (Å²) in [5.74, 6) is 0.388. The van der Waals surface area contributed by atoms with Gasteiger partial charge in [0.25, 0.3) is 5.91 Å². The zero-order valence-electron chi connectivity index (χ0n) is 13.4. The molecule has 0 saturated carbocycles. The molecule has 1 amide bonds. The van der Waals surface area contributed by atoms with Crippen LogP contribution in [0.15, 0.2) is 42.5 Å². The number of halogens is 1. The number of ether oxygens (including phenoxy) is 1. The maximum atomic E-state index is 12.6. The van der Waals surface area contributed by atoms with E-state index < -0.39 is 10.0 Å². The Hall–Kier alpha value is -2.25. The number of benzene rings is 2. The van der Waals surface area contributed by atoms with Crippen molar-refractivity contribution in [3.63, 3.8) is 0 Å². The Morgan fingerprint density at radius 3 is 2.33 bits per heavy atom. The molecule has 0 spiro atoms. The van der Waals surface area contributed by atoms with Gasteiger partial charge in [-0.2, -0.15) is 0 Å². The summed E-state index contributed by atoms with van der Waals surface area (Å²) in [5, 5.41) is 0.212. The molecule has 2 aromatic carbocycles. The fourth-order valence-electron chi connectivity index (χ4n) is 2.05. The maximum absolute atomic E-state index is 12.6. The first kappa shape index (κ1) is 18.1. The molecule has 0 aromatic heterocycles. The van der Waals surface area contributed by atoms with Crippen LogP contribution < -0.4 is 14.4 Å². The van der Waals surface area contributed by atoms with E-state index in [0.29, 0.717) is 17.0 Å². The van der Waals surface area contributed by atoms with Gasteiger partial charge in [0.15, 0.2) is 0 Å². The average Bonchev–Trinajstić information content (AvgIpc) is 2.54. The lowest BCUT2D eigenvalue weighted by atomic mass is 10.1. The first-order chi connectivity index (χ1) is 11.2. The summed E-state index contributed by atoms with van der Waals surface area (Å²) >= 11 is 5.97. The standard InChI is InChI=1S/C16H17ClN2O4S/c1-19(12-5-7-13(23-2)8-6-12)16(20)11-4-9-14(17)15(10-11)18-24(3,21)22/h4-10,18H,1-3H3. The van der Waals surface area contributed by atoms with E-state index in [0.717, 1.165) is 6.26 Å². The number of carbonyl (C=O) groups is 1. The van der Waals surface area contributed by atoms with Gasteiger partial charge in [0.1, 0.15) is 5.75 Å². The molecular formula is C16H17ClN2O4S. The highest BCUT2D eigenvalue weighted by Gasteiger charge is 2.16. The fraction of sp³-hybridized carbons (Fsp3) is 0.188. The highest BCUT2D eigenvalue weighted by Crippen LogP contribution is 2.26. The number of nitrogens with one attached hydrogen (secondary N) is 1. The molecule has 24 heavy (non-hydrogen) atoms. The van der Waals surface area contributed by atoms with E-state index in [4.69, 9.17) is 16.3 Å². The van der Waals surface area contributed by atoms with Gasteiger partial charge in [0, 0.05) is 18.3 Å². The lowest BCUT2D eigenvalue weighted by Gasteiger charge is -2.18.